The minimum atomic E-state index is 0.774. The number of nitrogens with zero attached hydrogens (tertiary/aromatic N) is 2. The second-order valence-corrected chi connectivity index (χ2v) is 5.67. The van der Waals surface area contributed by atoms with Gasteiger partial charge in [-0.05, 0) is 57.3 Å². The normalized spacial score (nSPS) is 15.4. The van der Waals surface area contributed by atoms with Crippen LogP contribution in [0.2, 0.25) is 0 Å². The maximum atomic E-state index is 9.25. The van der Waals surface area contributed by atoms with Crippen LogP contribution in [-0.2, 0) is 0 Å². The molecule has 4 heteroatoms. The number of likely N-dealkylation sites (tertiary alicyclic amines) is 1. The Morgan fingerprint density at radius 3 is 2.84 bits per heavy atom. The molecule has 0 unspecified atom stereocenters. The molecular weight excluding hydrogens is 254 g/mol. The molecular formula is C15H21N3S. The third-order valence-corrected chi connectivity index (χ3v) is 4.30. The van der Waals surface area contributed by atoms with Gasteiger partial charge in [-0.25, -0.2) is 0 Å². The van der Waals surface area contributed by atoms with Crippen LogP contribution in [-0.4, -0.2) is 37.3 Å². The van der Waals surface area contributed by atoms with Crippen LogP contribution in [0.4, 0.5) is 5.69 Å². The number of benzene rings is 1. The summed E-state index contributed by atoms with van der Waals surface area (Å²) in [6.45, 7) is 4.61. The van der Waals surface area contributed by atoms with Crippen LogP contribution in [0.5, 0.6) is 0 Å². The highest BCUT2D eigenvalue weighted by molar-refractivity contribution is 7.98. The first-order chi connectivity index (χ1) is 9.35. The summed E-state index contributed by atoms with van der Waals surface area (Å²) in [6, 6.07) is 8.31. The standard InChI is InChI=1S/C15H21N3S/c1-19-15-7-4-6-14(13(15)12-16)17-8-5-11-18-9-2-3-10-18/h4,6-7,17H,2-3,5,8-11H2,1H3. The van der Waals surface area contributed by atoms with Crippen molar-refractivity contribution in [3.63, 3.8) is 0 Å². The minimum absolute atomic E-state index is 0.774. The average molecular weight is 275 g/mol. The molecule has 3 nitrogen and oxygen atoms in total. The van der Waals surface area contributed by atoms with Gasteiger partial charge in [-0.2, -0.15) is 5.26 Å². The van der Waals surface area contributed by atoms with Crippen LogP contribution in [0, 0.1) is 11.3 Å². The molecule has 1 saturated heterocycles. The van der Waals surface area contributed by atoms with Crippen LogP contribution in [0.3, 0.4) is 0 Å². The summed E-state index contributed by atoms with van der Waals surface area (Å²) in [7, 11) is 0. The van der Waals surface area contributed by atoms with E-state index in [2.05, 4.69) is 16.3 Å². The van der Waals surface area contributed by atoms with Crippen molar-refractivity contribution < 1.29 is 0 Å². The van der Waals surface area contributed by atoms with E-state index < -0.39 is 0 Å². The van der Waals surface area contributed by atoms with Gasteiger partial charge in [0.15, 0.2) is 0 Å². The van der Waals surface area contributed by atoms with E-state index in [4.69, 9.17) is 0 Å². The van der Waals surface area contributed by atoms with E-state index in [1.807, 2.05) is 24.5 Å². The number of thioether (sulfide) groups is 1. The highest BCUT2D eigenvalue weighted by Gasteiger charge is 2.10. The summed E-state index contributed by atoms with van der Waals surface area (Å²) in [5.41, 5.74) is 1.74. The molecule has 1 aromatic carbocycles. The molecule has 1 aliphatic heterocycles. The largest absolute Gasteiger partial charge is 0.384 e. The first-order valence-corrected chi connectivity index (χ1v) is 8.11. The van der Waals surface area contributed by atoms with Crippen LogP contribution in [0.1, 0.15) is 24.8 Å². The molecule has 1 heterocycles. The van der Waals surface area contributed by atoms with Crippen molar-refractivity contribution in [3.05, 3.63) is 23.8 Å². The van der Waals surface area contributed by atoms with Crippen LogP contribution < -0.4 is 5.32 Å². The number of anilines is 1. The number of hydrogen-bond donors (Lipinski definition) is 1. The quantitative estimate of drug-likeness (QED) is 0.639. The topological polar surface area (TPSA) is 39.1 Å². The molecule has 1 fully saturated rings. The Labute approximate surface area is 120 Å². The first-order valence-electron chi connectivity index (χ1n) is 6.88. The van der Waals surface area contributed by atoms with Crippen molar-refractivity contribution in [3.8, 4) is 6.07 Å². The minimum Gasteiger partial charge on any atom is -0.384 e. The van der Waals surface area contributed by atoms with Gasteiger partial charge in [0.05, 0.1) is 11.3 Å². The third-order valence-electron chi connectivity index (χ3n) is 3.52. The Morgan fingerprint density at radius 1 is 1.37 bits per heavy atom. The summed E-state index contributed by atoms with van der Waals surface area (Å²) in [4.78, 5) is 3.57. The lowest BCUT2D eigenvalue weighted by Crippen LogP contribution is -2.22. The van der Waals surface area contributed by atoms with Gasteiger partial charge in [0, 0.05) is 11.4 Å². The highest BCUT2D eigenvalue weighted by atomic mass is 32.2. The molecule has 0 radical (unpaired) electrons. The van der Waals surface area contributed by atoms with Gasteiger partial charge in [0.25, 0.3) is 0 Å². The van der Waals surface area contributed by atoms with E-state index in [1.165, 1.54) is 25.9 Å². The fraction of sp³-hybridized carbons (Fsp3) is 0.533. The highest BCUT2D eigenvalue weighted by Crippen LogP contribution is 2.26. The van der Waals surface area contributed by atoms with Crippen molar-refractivity contribution in [2.24, 2.45) is 0 Å². The maximum Gasteiger partial charge on any atom is 0.102 e. The summed E-state index contributed by atoms with van der Waals surface area (Å²) in [6.07, 6.45) is 5.84. The van der Waals surface area contributed by atoms with Crippen molar-refractivity contribution in [2.75, 3.05) is 37.8 Å². The van der Waals surface area contributed by atoms with Crippen molar-refractivity contribution >= 4 is 17.4 Å². The van der Waals surface area contributed by atoms with Crippen LogP contribution >= 0.6 is 11.8 Å². The predicted octanol–water partition coefficient (Wildman–Crippen LogP) is 3.18. The number of rotatable bonds is 6. The van der Waals surface area contributed by atoms with E-state index in [0.717, 1.165) is 35.7 Å². The third kappa shape index (κ3) is 3.89. The number of hydrogen-bond acceptors (Lipinski definition) is 4. The van der Waals surface area contributed by atoms with Crippen molar-refractivity contribution in [1.29, 1.82) is 5.26 Å². The van der Waals surface area contributed by atoms with Gasteiger partial charge < -0.3 is 10.2 Å². The Kier molecular flexibility index (Phi) is 5.56. The lowest BCUT2D eigenvalue weighted by Gasteiger charge is -2.15. The smallest absolute Gasteiger partial charge is 0.102 e. The molecule has 102 valence electrons. The Bertz CT molecular complexity index is 447. The molecule has 1 N–H and O–H groups in total. The van der Waals surface area contributed by atoms with Crippen LogP contribution in [0.25, 0.3) is 0 Å². The average Bonchev–Trinajstić information content (AvgIpc) is 2.96. The van der Waals surface area contributed by atoms with E-state index in [1.54, 1.807) is 11.8 Å². The van der Waals surface area contributed by atoms with E-state index in [0.29, 0.717) is 0 Å². The summed E-state index contributed by atoms with van der Waals surface area (Å²) < 4.78 is 0. The molecule has 0 spiro atoms. The number of nitrogens with one attached hydrogen (secondary N) is 1. The molecule has 0 aromatic heterocycles. The zero-order valence-corrected chi connectivity index (χ0v) is 12.3. The molecule has 1 aliphatic rings. The molecule has 0 saturated carbocycles. The zero-order chi connectivity index (χ0) is 13.5. The Morgan fingerprint density at radius 2 is 2.16 bits per heavy atom. The summed E-state index contributed by atoms with van der Waals surface area (Å²) in [5.74, 6) is 0. The van der Waals surface area contributed by atoms with Gasteiger partial charge >= 0.3 is 0 Å². The number of nitriles is 1. The monoisotopic (exact) mass is 275 g/mol. The zero-order valence-electron chi connectivity index (χ0n) is 11.5. The van der Waals surface area contributed by atoms with Crippen molar-refractivity contribution in [2.45, 2.75) is 24.2 Å². The Hall–Kier alpha value is -1.18. The molecule has 0 atom stereocenters. The lowest BCUT2D eigenvalue weighted by molar-refractivity contribution is 0.337. The molecule has 2 rings (SSSR count). The fourth-order valence-corrected chi connectivity index (χ4v) is 3.07. The molecule has 1 aromatic rings. The van der Waals surface area contributed by atoms with Gasteiger partial charge in [-0.3, -0.25) is 0 Å². The molecule has 0 aliphatic carbocycles. The lowest BCUT2D eigenvalue weighted by atomic mass is 10.2. The SMILES string of the molecule is CSc1cccc(NCCCN2CCCC2)c1C#N. The van der Waals surface area contributed by atoms with E-state index >= 15 is 0 Å². The van der Waals surface area contributed by atoms with Gasteiger partial charge in [-0.1, -0.05) is 6.07 Å². The summed E-state index contributed by atoms with van der Waals surface area (Å²) in [5, 5.41) is 12.6. The molecule has 0 bridgehead atoms. The molecule has 19 heavy (non-hydrogen) atoms. The first kappa shape index (κ1) is 14.2. The predicted molar refractivity (Wildman–Crippen MR) is 81.7 cm³/mol. The second kappa shape index (κ2) is 7.42. The van der Waals surface area contributed by atoms with E-state index in [9.17, 15) is 5.26 Å². The van der Waals surface area contributed by atoms with Crippen molar-refractivity contribution in [1.82, 2.24) is 4.90 Å². The summed E-state index contributed by atoms with van der Waals surface area (Å²) >= 11 is 1.62. The van der Waals surface area contributed by atoms with Gasteiger partial charge in [-0.15, -0.1) is 11.8 Å². The Balaban J connectivity index is 1.83. The maximum absolute atomic E-state index is 9.25. The van der Waals surface area contributed by atoms with Gasteiger partial charge in [0.1, 0.15) is 6.07 Å². The fourth-order valence-electron chi connectivity index (χ4n) is 2.50. The molecule has 0 amide bonds. The second-order valence-electron chi connectivity index (χ2n) is 4.82. The van der Waals surface area contributed by atoms with Crippen LogP contribution in [0.15, 0.2) is 23.1 Å². The van der Waals surface area contributed by atoms with Gasteiger partial charge in [0.2, 0.25) is 0 Å². The van der Waals surface area contributed by atoms with E-state index in [-0.39, 0.29) is 0 Å².